The van der Waals surface area contributed by atoms with Gasteiger partial charge < -0.3 is 14.3 Å². The van der Waals surface area contributed by atoms with Crippen molar-refractivity contribution in [3.8, 4) is 5.75 Å². The summed E-state index contributed by atoms with van der Waals surface area (Å²) in [7, 11) is -3.16. The molecule has 0 unspecified atom stereocenters. The Kier molecular flexibility index (Phi) is 11.8. The van der Waals surface area contributed by atoms with Gasteiger partial charge in [-0.25, -0.2) is 4.90 Å². The molecule has 4 atom stereocenters. The molecule has 316 valence electrons. The number of rotatable bonds is 10. The van der Waals surface area contributed by atoms with E-state index in [0.29, 0.717) is 40.5 Å². The number of amides is 2. The van der Waals surface area contributed by atoms with Crippen LogP contribution in [0.15, 0.2) is 114 Å². The summed E-state index contributed by atoms with van der Waals surface area (Å²) in [6, 6.07) is 25.3. The Balaban J connectivity index is 1.30. The number of phenols is 1. The molecule has 2 amide bonds. The van der Waals surface area contributed by atoms with Gasteiger partial charge in [0.1, 0.15) is 5.75 Å². The van der Waals surface area contributed by atoms with Crippen LogP contribution < -0.4 is 15.3 Å². The molecule has 2 fully saturated rings. The Bertz CT molecular complexity index is 2270. The van der Waals surface area contributed by atoms with Crippen LogP contribution in [0.25, 0.3) is 6.08 Å². The van der Waals surface area contributed by atoms with E-state index in [4.69, 9.17) is 20.8 Å². The van der Waals surface area contributed by atoms with Crippen molar-refractivity contribution in [1.29, 1.82) is 0 Å². The molecular weight excluding hydrogens is 824 g/mol. The van der Waals surface area contributed by atoms with Gasteiger partial charge in [0.25, 0.3) is 8.32 Å². The predicted octanol–water partition coefficient (Wildman–Crippen LogP) is 10.4. The molecule has 0 radical (unpaired) electrons. The van der Waals surface area contributed by atoms with Crippen molar-refractivity contribution >= 4 is 53.9 Å². The minimum Gasteiger partial charge on any atom is -0.508 e. The van der Waals surface area contributed by atoms with Gasteiger partial charge >= 0.3 is 12.4 Å². The van der Waals surface area contributed by atoms with Gasteiger partial charge in [-0.15, -0.1) is 0 Å². The fourth-order valence-electron chi connectivity index (χ4n) is 9.21. The lowest BCUT2D eigenvalue weighted by molar-refractivity contribution is -0.143. The highest BCUT2D eigenvalue weighted by Crippen LogP contribution is 2.52. The summed E-state index contributed by atoms with van der Waals surface area (Å²) in [5, 5.41) is 11.8. The SMILES string of the molecule is C/C(=C\c1ccc(O)cc1Cl)CC[C@H]1OC[C@H]2C1=C(CO[Si](c1ccccc1)(c1ccccc1)C(C)(C)C)C[C@H]1C(=O)N(c3cc(C(F)(F)F)cc(C(F)(F)F)c3)C(=O)[C@H]12. The second-order valence-corrected chi connectivity index (χ2v) is 21.5. The van der Waals surface area contributed by atoms with Crippen LogP contribution in [0.4, 0.5) is 32.0 Å². The zero-order chi connectivity index (χ0) is 43.4. The molecule has 0 aromatic heterocycles. The summed E-state index contributed by atoms with van der Waals surface area (Å²) in [6.07, 6.45) is -8.01. The third-order valence-corrected chi connectivity index (χ3v) is 17.2. The van der Waals surface area contributed by atoms with Crippen LogP contribution in [-0.2, 0) is 31.1 Å². The number of hydrogen-bond acceptors (Lipinski definition) is 5. The van der Waals surface area contributed by atoms with Crippen LogP contribution in [-0.4, -0.2) is 44.6 Å². The third-order valence-electron chi connectivity index (χ3n) is 11.9. The Morgan fingerprint density at radius 1 is 0.850 bits per heavy atom. The number of benzene rings is 4. The van der Waals surface area contributed by atoms with E-state index in [0.717, 1.165) is 27.1 Å². The average molecular weight is 868 g/mol. The van der Waals surface area contributed by atoms with Crippen LogP contribution in [0.2, 0.25) is 10.1 Å². The minimum absolute atomic E-state index is 0.00133. The normalized spacial score (nSPS) is 21.4. The van der Waals surface area contributed by atoms with Gasteiger partial charge in [0, 0.05) is 5.92 Å². The first-order valence-electron chi connectivity index (χ1n) is 19.6. The topological polar surface area (TPSA) is 76.1 Å². The molecule has 14 heteroatoms. The molecule has 4 aromatic carbocycles. The molecule has 2 aliphatic heterocycles. The van der Waals surface area contributed by atoms with Crippen LogP contribution in [0, 0.1) is 17.8 Å². The summed E-state index contributed by atoms with van der Waals surface area (Å²) in [6.45, 7) is 8.34. The van der Waals surface area contributed by atoms with Gasteiger partial charge in [-0.1, -0.05) is 105 Å². The highest BCUT2D eigenvalue weighted by atomic mass is 35.5. The molecule has 7 rings (SSSR count). The first-order valence-corrected chi connectivity index (χ1v) is 21.9. The molecular formula is C46H44ClF6NO5Si. The van der Waals surface area contributed by atoms with E-state index >= 15 is 0 Å². The molecule has 0 spiro atoms. The van der Waals surface area contributed by atoms with E-state index in [1.807, 2.05) is 73.7 Å². The number of carbonyl (C=O) groups is 2. The number of halogens is 7. The van der Waals surface area contributed by atoms with Crippen LogP contribution in [0.1, 0.15) is 63.6 Å². The standard InChI is InChI=1S/C46H44ClF6NO5Si/c1-27(19-28-16-17-33(55)24-38(28)47)15-18-39-40-29(25-59-60(44(2,3)4,34-11-7-5-8-12-34)35-13-9-6-10-14-35)20-36-41(37(40)26-58-39)43(57)54(42(36)56)32-22-30(45(48,49)50)21-31(23-32)46(51,52)53/h5-14,16-17,19,21-24,36-37,39,41,55H,15,18,20,25-26H2,1-4H3/b27-19+/t36-,37+,39-,41-/m1/s1. The van der Waals surface area contributed by atoms with Crippen molar-refractivity contribution in [2.75, 3.05) is 18.1 Å². The van der Waals surface area contributed by atoms with Gasteiger partial charge in [-0.2, -0.15) is 26.3 Å². The summed E-state index contributed by atoms with van der Waals surface area (Å²) in [5.41, 5.74) is -0.885. The molecule has 6 nitrogen and oxygen atoms in total. The Morgan fingerprint density at radius 3 is 1.97 bits per heavy atom. The number of imide groups is 1. The number of nitrogens with zero attached hydrogens (tertiary/aromatic N) is 1. The largest absolute Gasteiger partial charge is 0.508 e. The van der Waals surface area contributed by atoms with Gasteiger partial charge in [0.2, 0.25) is 11.8 Å². The van der Waals surface area contributed by atoms with Crippen molar-refractivity contribution in [3.05, 3.63) is 135 Å². The maximum atomic E-state index is 14.4. The van der Waals surface area contributed by atoms with Gasteiger partial charge in [0.15, 0.2) is 0 Å². The molecule has 4 aromatic rings. The molecule has 0 bridgehead atoms. The first-order chi connectivity index (χ1) is 28.2. The van der Waals surface area contributed by atoms with Crippen LogP contribution >= 0.6 is 11.6 Å². The lowest BCUT2D eigenvalue weighted by atomic mass is 9.69. The smallest absolute Gasteiger partial charge is 0.416 e. The lowest BCUT2D eigenvalue weighted by Gasteiger charge is -2.44. The predicted molar refractivity (Wildman–Crippen MR) is 220 cm³/mol. The summed E-state index contributed by atoms with van der Waals surface area (Å²) >= 11 is 6.38. The summed E-state index contributed by atoms with van der Waals surface area (Å²) in [4.78, 5) is 29.2. The van der Waals surface area contributed by atoms with E-state index in [1.54, 1.807) is 6.07 Å². The molecule has 1 N–H and O–H groups in total. The molecule has 60 heavy (non-hydrogen) atoms. The highest BCUT2D eigenvalue weighted by molar-refractivity contribution is 6.99. The molecule has 2 heterocycles. The summed E-state index contributed by atoms with van der Waals surface area (Å²) in [5.74, 6) is -4.54. The average Bonchev–Trinajstić information content (AvgIpc) is 3.72. The lowest BCUT2D eigenvalue weighted by Crippen LogP contribution is -2.66. The second-order valence-electron chi connectivity index (χ2n) is 16.8. The zero-order valence-electron chi connectivity index (χ0n) is 33.3. The quantitative estimate of drug-likeness (QED) is 0.0744. The van der Waals surface area contributed by atoms with Crippen molar-refractivity contribution in [2.24, 2.45) is 17.8 Å². The number of carbonyl (C=O) groups excluding carboxylic acids is 2. The van der Waals surface area contributed by atoms with E-state index in [9.17, 15) is 41.0 Å². The minimum atomic E-state index is -5.18. The summed E-state index contributed by atoms with van der Waals surface area (Å²) < 4.78 is 97.6. The Labute approximate surface area is 350 Å². The first kappa shape index (κ1) is 43.4. The molecule has 0 saturated carbocycles. The second kappa shape index (κ2) is 16.3. The van der Waals surface area contributed by atoms with E-state index in [2.05, 4.69) is 20.8 Å². The number of alkyl halides is 6. The number of allylic oxidation sites excluding steroid dienone is 1. The maximum Gasteiger partial charge on any atom is 0.416 e. The van der Waals surface area contributed by atoms with Gasteiger partial charge in [0.05, 0.1) is 53.0 Å². The van der Waals surface area contributed by atoms with Crippen molar-refractivity contribution in [3.63, 3.8) is 0 Å². The zero-order valence-corrected chi connectivity index (χ0v) is 35.1. The third kappa shape index (κ3) is 8.21. The maximum absolute atomic E-state index is 14.4. The molecule has 3 aliphatic rings. The number of anilines is 1. The number of fused-ring (bicyclic) bond motifs is 3. The number of hydrogen-bond donors (Lipinski definition) is 1. The van der Waals surface area contributed by atoms with Gasteiger partial charge in [-0.3, -0.25) is 9.59 Å². The van der Waals surface area contributed by atoms with Crippen molar-refractivity contribution in [2.45, 2.75) is 70.5 Å². The van der Waals surface area contributed by atoms with Gasteiger partial charge in [-0.05, 0) is 94.7 Å². The monoisotopic (exact) mass is 867 g/mol. The Hall–Kier alpha value is -4.69. The van der Waals surface area contributed by atoms with Crippen LogP contribution in [0.3, 0.4) is 0 Å². The van der Waals surface area contributed by atoms with Crippen molar-refractivity contribution in [1.82, 2.24) is 0 Å². The van der Waals surface area contributed by atoms with E-state index in [1.165, 1.54) is 12.1 Å². The number of ether oxygens (including phenoxy) is 1. The molecule has 2 saturated heterocycles. The number of aromatic hydroxyl groups is 1. The van der Waals surface area contributed by atoms with E-state index < -0.39 is 78.2 Å². The number of phenolic OH excluding ortho intramolecular Hbond substituents is 1. The highest BCUT2D eigenvalue weighted by Gasteiger charge is 2.58. The fraction of sp³-hybridized carbons (Fsp3) is 0.348. The van der Waals surface area contributed by atoms with E-state index in [-0.39, 0.29) is 31.5 Å². The Morgan fingerprint density at radius 2 is 1.43 bits per heavy atom. The van der Waals surface area contributed by atoms with Crippen molar-refractivity contribution < 1.29 is 50.2 Å². The molecule has 1 aliphatic carbocycles. The fourth-order valence-corrected chi connectivity index (χ4v) is 14.0. The van der Waals surface area contributed by atoms with Crippen LogP contribution in [0.5, 0.6) is 5.75 Å².